The average molecular weight is 381 g/mol. The molecular weight excluding hydrogens is 359 g/mol. The third-order valence-electron chi connectivity index (χ3n) is 3.63. The molecule has 2 nitrogen and oxygen atoms in total. The molecule has 0 aliphatic carbocycles. The summed E-state index contributed by atoms with van der Waals surface area (Å²) in [6.07, 6.45) is 4.95. The standard InChI is InChI=1S/C20H22NO.Y/c1-15-9-7-10-16(2)19(15)20(22)21-17(3)11-8-14-18-12-5-4-6-13-18;/h5-10,12-14,17H,11H2,1-3H3,(H,21,22);/q-1;/b14-8+;. The minimum Gasteiger partial charge on any atom is -0.349 e. The quantitative estimate of drug-likeness (QED) is 0.768. The molecule has 2 aromatic rings. The van der Waals surface area contributed by atoms with Crippen molar-refractivity contribution < 1.29 is 37.5 Å². The maximum atomic E-state index is 12.4. The number of hydrogen-bond donors (Lipinski definition) is 1. The number of carbonyl (C=O) groups is 1. The van der Waals surface area contributed by atoms with Gasteiger partial charge in [0.2, 0.25) is 0 Å². The van der Waals surface area contributed by atoms with Gasteiger partial charge >= 0.3 is 0 Å². The zero-order valence-electron chi connectivity index (χ0n) is 14.0. The van der Waals surface area contributed by atoms with Gasteiger partial charge in [0, 0.05) is 44.3 Å². The number of rotatable bonds is 5. The van der Waals surface area contributed by atoms with Crippen molar-refractivity contribution in [1.29, 1.82) is 0 Å². The van der Waals surface area contributed by atoms with Crippen LogP contribution >= 0.6 is 0 Å². The zero-order chi connectivity index (χ0) is 15.9. The molecule has 3 heteroatoms. The second kappa shape index (κ2) is 9.80. The summed E-state index contributed by atoms with van der Waals surface area (Å²) in [6.45, 7) is 5.96. The molecule has 1 radical (unpaired) electrons. The summed E-state index contributed by atoms with van der Waals surface area (Å²) in [6, 6.07) is 16.8. The SMILES string of the molecule is Cc1cccc(C)c1C(=O)NC(C)C/C=C/c1cc[c-]cc1.[Y]. The normalized spacial score (nSPS) is 11.8. The van der Waals surface area contributed by atoms with Crippen LogP contribution in [-0.4, -0.2) is 11.9 Å². The summed E-state index contributed by atoms with van der Waals surface area (Å²) in [5.41, 5.74) is 3.96. The van der Waals surface area contributed by atoms with Crippen LogP contribution in [0.15, 0.2) is 48.5 Å². The summed E-state index contributed by atoms with van der Waals surface area (Å²) >= 11 is 0. The number of amides is 1. The summed E-state index contributed by atoms with van der Waals surface area (Å²) in [5, 5.41) is 3.07. The molecule has 0 aliphatic heterocycles. The number of hydrogen-bond acceptors (Lipinski definition) is 1. The maximum absolute atomic E-state index is 12.4. The van der Waals surface area contributed by atoms with Gasteiger partial charge in [0.15, 0.2) is 0 Å². The monoisotopic (exact) mass is 381 g/mol. The van der Waals surface area contributed by atoms with Crippen LogP contribution < -0.4 is 5.32 Å². The Morgan fingerprint density at radius 2 is 1.78 bits per heavy atom. The van der Waals surface area contributed by atoms with E-state index in [0.717, 1.165) is 28.7 Å². The van der Waals surface area contributed by atoms with Crippen molar-refractivity contribution in [2.75, 3.05) is 0 Å². The molecule has 0 spiro atoms. The van der Waals surface area contributed by atoms with Crippen LogP contribution in [0, 0.1) is 19.9 Å². The second-order valence-electron chi connectivity index (χ2n) is 5.61. The Morgan fingerprint density at radius 1 is 1.17 bits per heavy atom. The molecule has 0 bridgehead atoms. The summed E-state index contributed by atoms with van der Waals surface area (Å²) in [5.74, 6) is 0.00538. The first-order chi connectivity index (χ1) is 10.6. The molecule has 1 unspecified atom stereocenters. The van der Waals surface area contributed by atoms with Gasteiger partial charge in [-0.3, -0.25) is 4.79 Å². The molecule has 0 saturated heterocycles. The fourth-order valence-electron chi connectivity index (χ4n) is 2.45. The summed E-state index contributed by atoms with van der Waals surface area (Å²) in [7, 11) is 0. The largest absolute Gasteiger partial charge is 0.349 e. The molecule has 0 fully saturated rings. The Hall–Kier alpha value is -1.25. The Labute approximate surface area is 164 Å². The minimum atomic E-state index is 0. The van der Waals surface area contributed by atoms with E-state index >= 15 is 0 Å². The molecule has 0 saturated carbocycles. The van der Waals surface area contributed by atoms with Gasteiger partial charge in [-0.05, 0) is 38.3 Å². The Bertz CT molecular complexity index is 644. The van der Waals surface area contributed by atoms with Gasteiger partial charge in [-0.25, -0.2) is 0 Å². The van der Waals surface area contributed by atoms with Gasteiger partial charge in [-0.15, -0.1) is 5.56 Å². The van der Waals surface area contributed by atoms with Crippen LogP contribution in [0.5, 0.6) is 0 Å². The van der Waals surface area contributed by atoms with Crippen molar-refractivity contribution in [3.63, 3.8) is 0 Å². The maximum Gasteiger partial charge on any atom is 0.252 e. The van der Waals surface area contributed by atoms with Crippen molar-refractivity contribution in [2.45, 2.75) is 33.2 Å². The Morgan fingerprint density at radius 3 is 2.39 bits per heavy atom. The van der Waals surface area contributed by atoms with Crippen molar-refractivity contribution in [3.8, 4) is 0 Å². The fourth-order valence-corrected chi connectivity index (χ4v) is 2.45. The minimum absolute atomic E-state index is 0. The van der Waals surface area contributed by atoms with Crippen LogP contribution in [0.2, 0.25) is 0 Å². The molecule has 1 N–H and O–H groups in total. The number of aryl methyl sites for hydroxylation is 2. The molecule has 0 aliphatic rings. The molecule has 0 heterocycles. The zero-order valence-corrected chi connectivity index (χ0v) is 16.8. The fraction of sp³-hybridized carbons (Fsp3) is 0.250. The molecule has 2 rings (SSSR count). The van der Waals surface area contributed by atoms with E-state index in [-0.39, 0.29) is 44.7 Å². The molecular formula is C20H22NOY-. The van der Waals surface area contributed by atoms with E-state index in [9.17, 15) is 4.79 Å². The van der Waals surface area contributed by atoms with E-state index < -0.39 is 0 Å². The number of nitrogens with one attached hydrogen (secondary N) is 1. The predicted molar refractivity (Wildman–Crippen MR) is 91.8 cm³/mol. The second-order valence-corrected chi connectivity index (χ2v) is 5.61. The topological polar surface area (TPSA) is 29.1 Å². The van der Waals surface area contributed by atoms with E-state index in [1.807, 2.05) is 63.2 Å². The van der Waals surface area contributed by atoms with Gasteiger partial charge in [0.05, 0.1) is 0 Å². The summed E-state index contributed by atoms with van der Waals surface area (Å²) < 4.78 is 0. The van der Waals surface area contributed by atoms with E-state index in [4.69, 9.17) is 0 Å². The third kappa shape index (κ3) is 6.04. The van der Waals surface area contributed by atoms with Crippen LogP contribution in [0.4, 0.5) is 0 Å². The van der Waals surface area contributed by atoms with E-state index in [1.54, 1.807) is 0 Å². The average Bonchev–Trinajstić information content (AvgIpc) is 2.48. The van der Waals surface area contributed by atoms with E-state index in [2.05, 4.69) is 23.5 Å². The van der Waals surface area contributed by atoms with Crippen molar-refractivity contribution >= 4 is 12.0 Å². The number of carbonyl (C=O) groups excluding carboxylic acids is 1. The van der Waals surface area contributed by atoms with Gasteiger partial charge in [0.25, 0.3) is 5.91 Å². The van der Waals surface area contributed by atoms with Crippen LogP contribution in [0.3, 0.4) is 0 Å². The van der Waals surface area contributed by atoms with Crippen LogP contribution in [0.1, 0.15) is 40.4 Å². The van der Waals surface area contributed by atoms with Gasteiger partial charge in [-0.2, -0.15) is 30.3 Å². The van der Waals surface area contributed by atoms with Gasteiger partial charge in [0.1, 0.15) is 0 Å². The smallest absolute Gasteiger partial charge is 0.252 e. The molecule has 0 aromatic heterocycles. The third-order valence-corrected chi connectivity index (χ3v) is 3.63. The summed E-state index contributed by atoms with van der Waals surface area (Å²) in [4.78, 5) is 12.4. The molecule has 1 amide bonds. The Balaban J connectivity index is 0.00000264. The number of benzene rings is 2. The van der Waals surface area contributed by atoms with Gasteiger partial charge < -0.3 is 5.32 Å². The molecule has 117 valence electrons. The van der Waals surface area contributed by atoms with Crippen molar-refractivity contribution in [2.24, 2.45) is 0 Å². The first kappa shape index (κ1) is 19.8. The Kier molecular flexibility index (Phi) is 8.43. The van der Waals surface area contributed by atoms with E-state index in [0.29, 0.717) is 0 Å². The van der Waals surface area contributed by atoms with Crippen LogP contribution in [0.25, 0.3) is 6.08 Å². The predicted octanol–water partition coefficient (Wildman–Crippen LogP) is 4.32. The molecule has 23 heavy (non-hydrogen) atoms. The molecule has 2 aromatic carbocycles. The molecule has 1 atom stereocenters. The van der Waals surface area contributed by atoms with E-state index in [1.165, 1.54) is 0 Å². The van der Waals surface area contributed by atoms with Crippen molar-refractivity contribution in [1.82, 2.24) is 5.32 Å². The van der Waals surface area contributed by atoms with Crippen LogP contribution in [-0.2, 0) is 32.7 Å². The first-order valence-corrected chi connectivity index (χ1v) is 7.57. The van der Waals surface area contributed by atoms with Gasteiger partial charge in [-0.1, -0.05) is 30.4 Å². The first-order valence-electron chi connectivity index (χ1n) is 7.57. The van der Waals surface area contributed by atoms with Crippen molar-refractivity contribution in [3.05, 3.63) is 76.9 Å².